The monoisotopic (exact) mass is 254 g/mol. The van der Waals surface area contributed by atoms with Gasteiger partial charge in [-0.25, -0.2) is 0 Å². The molecule has 4 nitrogen and oxygen atoms in total. The number of carbonyl (C=O) groups excluding carboxylic acids is 1. The number of nitrogens with one attached hydrogen (secondary N) is 1. The van der Waals surface area contributed by atoms with Crippen LogP contribution in [-0.2, 0) is 9.53 Å². The first kappa shape index (κ1) is 13.8. The van der Waals surface area contributed by atoms with Crippen molar-refractivity contribution in [3.05, 3.63) is 0 Å². The predicted molar refractivity (Wildman–Crippen MR) is 71.2 cm³/mol. The Morgan fingerprint density at radius 2 is 2.06 bits per heavy atom. The van der Waals surface area contributed by atoms with Crippen LogP contribution in [-0.4, -0.2) is 30.2 Å². The van der Waals surface area contributed by atoms with Gasteiger partial charge in [0.25, 0.3) is 0 Å². The quantitative estimate of drug-likeness (QED) is 0.616. The molecule has 0 radical (unpaired) electrons. The van der Waals surface area contributed by atoms with E-state index in [2.05, 4.69) is 5.32 Å². The van der Waals surface area contributed by atoms with Crippen LogP contribution in [0.25, 0.3) is 0 Å². The Morgan fingerprint density at radius 3 is 2.56 bits per heavy atom. The van der Waals surface area contributed by atoms with Crippen molar-refractivity contribution in [2.45, 2.75) is 76.0 Å². The van der Waals surface area contributed by atoms with Gasteiger partial charge in [0.05, 0.1) is 11.6 Å². The van der Waals surface area contributed by atoms with E-state index in [-0.39, 0.29) is 5.91 Å². The zero-order valence-electron chi connectivity index (χ0n) is 11.4. The zero-order valence-corrected chi connectivity index (χ0v) is 11.4. The molecule has 0 aromatic heterocycles. The van der Waals surface area contributed by atoms with E-state index in [1.165, 1.54) is 32.1 Å². The Kier molecular flexibility index (Phi) is 4.62. The van der Waals surface area contributed by atoms with Gasteiger partial charge in [-0.3, -0.25) is 4.79 Å². The molecule has 3 N–H and O–H groups in total. The van der Waals surface area contributed by atoms with Gasteiger partial charge in [-0.1, -0.05) is 0 Å². The number of amides is 1. The number of unbranched alkanes of at least 4 members (excludes halogenated alkanes) is 1. The van der Waals surface area contributed by atoms with Gasteiger partial charge in [0, 0.05) is 12.6 Å². The van der Waals surface area contributed by atoms with E-state index in [1.807, 2.05) is 6.92 Å². The van der Waals surface area contributed by atoms with Crippen LogP contribution < -0.4 is 11.1 Å². The molecule has 1 atom stereocenters. The van der Waals surface area contributed by atoms with Crippen LogP contribution in [0.1, 0.15) is 58.3 Å². The molecule has 0 aromatic carbocycles. The number of primary amides is 1. The van der Waals surface area contributed by atoms with Gasteiger partial charge in [-0.15, -0.1) is 0 Å². The maximum absolute atomic E-state index is 11.5. The van der Waals surface area contributed by atoms with E-state index in [1.54, 1.807) is 0 Å². The lowest BCUT2D eigenvalue weighted by Crippen LogP contribution is -2.53. The molecule has 2 rings (SSSR count). The fourth-order valence-corrected chi connectivity index (χ4v) is 2.31. The summed E-state index contributed by atoms with van der Waals surface area (Å²) in [4.78, 5) is 11.5. The largest absolute Gasteiger partial charge is 0.378 e. The van der Waals surface area contributed by atoms with Crippen molar-refractivity contribution >= 4 is 5.91 Å². The van der Waals surface area contributed by atoms with Crippen LogP contribution in [0.5, 0.6) is 0 Å². The summed E-state index contributed by atoms with van der Waals surface area (Å²) < 4.78 is 5.71. The van der Waals surface area contributed by atoms with Gasteiger partial charge in [-0.2, -0.15) is 0 Å². The third-order valence-electron chi connectivity index (χ3n) is 4.12. The summed E-state index contributed by atoms with van der Waals surface area (Å²) in [7, 11) is 0. The molecule has 1 amide bonds. The Hall–Kier alpha value is -0.610. The molecule has 4 heteroatoms. The highest BCUT2D eigenvalue weighted by Crippen LogP contribution is 2.25. The van der Waals surface area contributed by atoms with Crippen LogP contribution in [0.2, 0.25) is 0 Å². The first-order valence-corrected chi connectivity index (χ1v) is 7.29. The van der Waals surface area contributed by atoms with Gasteiger partial charge in [0.15, 0.2) is 0 Å². The number of rotatable bonds is 9. The van der Waals surface area contributed by atoms with Gasteiger partial charge >= 0.3 is 0 Å². The third-order valence-corrected chi connectivity index (χ3v) is 4.12. The van der Waals surface area contributed by atoms with E-state index in [0.29, 0.717) is 12.1 Å². The first-order valence-electron chi connectivity index (χ1n) is 7.29. The first-order chi connectivity index (χ1) is 8.60. The van der Waals surface area contributed by atoms with Crippen molar-refractivity contribution in [2.24, 2.45) is 5.73 Å². The second-order valence-electron chi connectivity index (χ2n) is 6.00. The summed E-state index contributed by atoms with van der Waals surface area (Å²) in [5.74, 6) is -0.227. The number of nitrogens with two attached hydrogens (primary N) is 1. The van der Waals surface area contributed by atoms with Crippen LogP contribution >= 0.6 is 0 Å². The molecule has 18 heavy (non-hydrogen) atoms. The summed E-state index contributed by atoms with van der Waals surface area (Å²) in [6.45, 7) is 2.75. The lowest BCUT2D eigenvalue weighted by molar-refractivity contribution is -0.124. The van der Waals surface area contributed by atoms with Crippen LogP contribution in [0.4, 0.5) is 0 Å². The van der Waals surface area contributed by atoms with Crippen LogP contribution in [0.3, 0.4) is 0 Å². The number of ether oxygens (including phenoxy) is 1. The number of hydrogen-bond donors (Lipinski definition) is 2. The van der Waals surface area contributed by atoms with E-state index in [0.717, 1.165) is 25.9 Å². The minimum atomic E-state index is -0.530. The molecular formula is C14H26N2O2. The molecule has 0 bridgehead atoms. The summed E-state index contributed by atoms with van der Waals surface area (Å²) in [6, 6.07) is 0.508. The normalized spacial score (nSPS) is 23.4. The predicted octanol–water partition coefficient (Wildman–Crippen LogP) is 1.72. The van der Waals surface area contributed by atoms with Crippen molar-refractivity contribution in [3.8, 4) is 0 Å². The lowest BCUT2D eigenvalue weighted by Gasteiger charge is -2.28. The SMILES string of the molecule is CC(CCCCOC1CCC1)(NC1CC1)C(N)=O. The second kappa shape index (κ2) is 6.02. The summed E-state index contributed by atoms with van der Waals surface area (Å²) >= 11 is 0. The lowest BCUT2D eigenvalue weighted by atomic mass is 9.93. The van der Waals surface area contributed by atoms with Crippen molar-refractivity contribution in [1.82, 2.24) is 5.32 Å². The van der Waals surface area contributed by atoms with E-state index in [9.17, 15) is 4.79 Å². The van der Waals surface area contributed by atoms with Gasteiger partial charge in [0.1, 0.15) is 0 Å². The fraction of sp³-hybridized carbons (Fsp3) is 0.929. The van der Waals surface area contributed by atoms with Crippen LogP contribution in [0.15, 0.2) is 0 Å². The van der Waals surface area contributed by atoms with Gasteiger partial charge < -0.3 is 15.8 Å². The summed E-state index contributed by atoms with van der Waals surface area (Å²) in [5.41, 5.74) is 4.98. The fourth-order valence-electron chi connectivity index (χ4n) is 2.31. The smallest absolute Gasteiger partial charge is 0.237 e. The average molecular weight is 254 g/mol. The van der Waals surface area contributed by atoms with Gasteiger partial charge in [0.2, 0.25) is 5.91 Å². The Bertz CT molecular complexity index is 288. The van der Waals surface area contributed by atoms with E-state index < -0.39 is 5.54 Å². The summed E-state index contributed by atoms with van der Waals surface area (Å²) in [5, 5.41) is 3.37. The molecule has 104 valence electrons. The van der Waals surface area contributed by atoms with Crippen molar-refractivity contribution in [1.29, 1.82) is 0 Å². The highest BCUT2D eigenvalue weighted by Gasteiger charge is 2.36. The molecule has 2 aliphatic carbocycles. The van der Waals surface area contributed by atoms with E-state index >= 15 is 0 Å². The molecule has 0 aromatic rings. The zero-order chi connectivity index (χ0) is 13.0. The Balaban J connectivity index is 1.60. The molecule has 1 unspecified atom stereocenters. The van der Waals surface area contributed by atoms with Gasteiger partial charge in [-0.05, 0) is 58.3 Å². The Labute approximate surface area is 110 Å². The standard InChI is InChI=1S/C14H26N2O2/c1-14(13(15)17,16-11-7-8-11)9-2-3-10-18-12-5-4-6-12/h11-12,16H,2-10H2,1H3,(H2,15,17). The minimum absolute atomic E-state index is 0.227. The van der Waals surface area contributed by atoms with E-state index in [4.69, 9.17) is 10.5 Å². The highest BCUT2D eigenvalue weighted by atomic mass is 16.5. The third kappa shape index (κ3) is 3.95. The molecule has 0 aliphatic heterocycles. The van der Waals surface area contributed by atoms with Crippen LogP contribution in [0, 0.1) is 0 Å². The minimum Gasteiger partial charge on any atom is -0.378 e. The number of hydrogen-bond acceptors (Lipinski definition) is 3. The van der Waals surface area contributed by atoms with Crippen molar-refractivity contribution < 1.29 is 9.53 Å². The van der Waals surface area contributed by atoms with Crippen molar-refractivity contribution in [3.63, 3.8) is 0 Å². The highest BCUT2D eigenvalue weighted by molar-refractivity contribution is 5.84. The number of carbonyl (C=O) groups is 1. The molecule has 0 spiro atoms. The maximum atomic E-state index is 11.5. The molecule has 2 saturated carbocycles. The summed E-state index contributed by atoms with van der Waals surface area (Å²) in [6.07, 6.45) is 9.45. The molecule has 2 aliphatic rings. The Morgan fingerprint density at radius 1 is 1.33 bits per heavy atom. The second-order valence-corrected chi connectivity index (χ2v) is 6.00. The molecule has 0 saturated heterocycles. The average Bonchev–Trinajstić information content (AvgIpc) is 3.04. The molecule has 2 fully saturated rings. The van der Waals surface area contributed by atoms with Crippen molar-refractivity contribution in [2.75, 3.05) is 6.61 Å². The topological polar surface area (TPSA) is 64.3 Å². The maximum Gasteiger partial charge on any atom is 0.237 e. The molecule has 0 heterocycles. The molecular weight excluding hydrogens is 228 g/mol.